The van der Waals surface area contributed by atoms with Gasteiger partial charge in [0.2, 0.25) is 5.95 Å². The van der Waals surface area contributed by atoms with Crippen molar-refractivity contribution in [2.75, 3.05) is 18.0 Å². The van der Waals surface area contributed by atoms with E-state index in [0.29, 0.717) is 22.9 Å². The first-order valence-corrected chi connectivity index (χ1v) is 7.86. The third-order valence-electron chi connectivity index (χ3n) is 4.73. The van der Waals surface area contributed by atoms with Crippen LogP contribution < -0.4 is 10.5 Å². The lowest BCUT2D eigenvalue weighted by molar-refractivity contribution is 0.434. The molecule has 5 nitrogen and oxygen atoms in total. The Bertz CT molecular complexity index is 727. The summed E-state index contributed by atoms with van der Waals surface area (Å²) in [5.41, 5.74) is 1.67. The summed E-state index contributed by atoms with van der Waals surface area (Å²) >= 11 is 0. The molecule has 1 aliphatic heterocycles. The van der Waals surface area contributed by atoms with Crippen LogP contribution in [0.4, 0.5) is 5.95 Å². The van der Waals surface area contributed by atoms with Crippen molar-refractivity contribution in [3.8, 4) is 0 Å². The van der Waals surface area contributed by atoms with Gasteiger partial charge < -0.3 is 4.90 Å². The predicted molar refractivity (Wildman–Crippen MR) is 82.7 cm³/mol. The van der Waals surface area contributed by atoms with Crippen LogP contribution in [0.25, 0.3) is 11.0 Å². The Hall–Kier alpha value is -1.91. The minimum absolute atomic E-state index is 0.0383. The van der Waals surface area contributed by atoms with E-state index >= 15 is 0 Å². The van der Waals surface area contributed by atoms with Crippen molar-refractivity contribution >= 4 is 17.0 Å². The van der Waals surface area contributed by atoms with E-state index in [4.69, 9.17) is 0 Å². The molecular formula is C16H20N4O. The van der Waals surface area contributed by atoms with Crippen LogP contribution >= 0.6 is 0 Å². The van der Waals surface area contributed by atoms with Gasteiger partial charge in [0.05, 0.1) is 5.39 Å². The molecule has 0 aromatic carbocycles. The van der Waals surface area contributed by atoms with E-state index in [1.807, 2.05) is 6.07 Å². The minimum Gasteiger partial charge on any atom is -0.342 e. The normalized spacial score (nSPS) is 20.1. The zero-order valence-corrected chi connectivity index (χ0v) is 12.3. The van der Waals surface area contributed by atoms with Crippen molar-refractivity contribution in [2.45, 2.75) is 38.5 Å². The van der Waals surface area contributed by atoms with Gasteiger partial charge in [-0.05, 0) is 49.1 Å². The minimum atomic E-state index is -0.0383. The SMILES string of the molecule is CC1CCN(c2nc3nccc(C4CC4)c3c(=O)[nH]2)CC1. The molecule has 1 aliphatic carbocycles. The van der Waals surface area contributed by atoms with E-state index in [0.717, 1.165) is 37.4 Å². The lowest BCUT2D eigenvalue weighted by atomic mass is 10.00. The number of nitrogens with one attached hydrogen (secondary N) is 1. The Labute approximate surface area is 123 Å². The van der Waals surface area contributed by atoms with E-state index in [1.54, 1.807) is 6.20 Å². The average Bonchev–Trinajstić information content (AvgIpc) is 3.32. The third-order valence-corrected chi connectivity index (χ3v) is 4.73. The lowest BCUT2D eigenvalue weighted by Gasteiger charge is -2.30. The topological polar surface area (TPSA) is 61.9 Å². The number of aromatic amines is 1. The lowest BCUT2D eigenvalue weighted by Crippen LogP contribution is -2.35. The largest absolute Gasteiger partial charge is 0.342 e. The summed E-state index contributed by atoms with van der Waals surface area (Å²) in [6.45, 7) is 4.19. The predicted octanol–water partition coefficient (Wildman–Crippen LogP) is 2.43. The highest BCUT2D eigenvalue weighted by molar-refractivity contribution is 5.79. The number of anilines is 1. The number of hydrogen-bond acceptors (Lipinski definition) is 4. The highest BCUT2D eigenvalue weighted by Crippen LogP contribution is 2.41. The van der Waals surface area contributed by atoms with Crippen LogP contribution in [-0.2, 0) is 0 Å². The zero-order chi connectivity index (χ0) is 14.4. The van der Waals surface area contributed by atoms with E-state index in [1.165, 1.54) is 12.8 Å². The van der Waals surface area contributed by atoms with Gasteiger partial charge in [-0.1, -0.05) is 6.92 Å². The van der Waals surface area contributed by atoms with Crippen LogP contribution in [0.1, 0.15) is 44.1 Å². The molecule has 0 radical (unpaired) electrons. The highest BCUT2D eigenvalue weighted by Gasteiger charge is 2.27. The molecule has 1 saturated carbocycles. The van der Waals surface area contributed by atoms with Crippen molar-refractivity contribution in [3.63, 3.8) is 0 Å². The smallest absolute Gasteiger partial charge is 0.262 e. The van der Waals surface area contributed by atoms with Gasteiger partial charge in [-0.25, -0.2) is 4.98 Å². The van der Waals surface area contributed by atoms with Crippen molar-refractivity contribution in [2.24, 2.45) is 5.92 Å². The van der Waals surface area contributed by atoms with Gasteiger partial charge in [0.15, 0.2) is 5.65 Å². The standard InChI is InChI=1S/C16H20N4O/c1-10-5-8-20(9-6-10)16-18-14-13(15(21)19-16)12(4-7-17-14)11-2-3-11/h4,7,10-11H,2-3,5-6,8-9H2,1H3,(H,17,18,19,21). The van der Waals surface area contributed by atoms with Gasteiger partial charge >= 0.3 is 0 Å². The van der Waals surface area contributed by atoms with E-state index in [-0.39, 0.29) is 5.56 Å². The number of nitrogens with zero attached hydrogens (tertiary/aromatic N) is 3. The molecule has 2 fully saturated rings. The fourth-order valence-electron chi connectivity index (χ4n) is 3.18. The summed E-state index contributed by atoms with van der Waals surface area (Å²) in [6, 6.07) is 1.97. The second-order valence-electron chi connectivity index (χ2n) is 6.43. The second kappa shape index (κ2) is 4.83. The number of pyridine rings is 1. The van der Waals surface area contributed by atoms with E-state index in [2.05, 4.69) is 26.8 Å². The molecule has 21 heavy (non-hydrogen) atoms. The maximum Gasteiger partial charge on any atom is 0.262 e. The Morgan fingerprint density at radius 1 is 1.24 bits per heavy atom. The van der Waals surface area contributed by atoms with Crippen molar-refractivity contribution in [1.82, 2.24) is 15.0 Å². The molecule has 0 unspecified atom stereocenters. The zero-order valence-electron chi connectivity index (χ0n) is 12.3. The molecule has 0 atom stereocenters. The van der Waals surface area contributed by atoms with Gasteiger partial charge in [-0.15, -0.1) is 0 Å². The summed E-state index contributed by atoms with van der Waals surface area (Å²) in [5, 5.41) is 0.689. The highest BCUT2D eigenvalue weighted by atomic mass is 16.1. The third kappa shape index (κ3) is 2.30. The molecule has 2 aromatic rings. The van der Waals surface area contributed by atoms with Gasteiger partial charge in [-0.3, -0.25) is 9.78 Å². The number of aromatic nitrogens is 3. The Morgan fingerprint density at radius 2 is 2.00 bits per heavy atom. The van der Waals surface area contributed by atoms with Gasteiger partial charge in [0.1, 0.15) is 0 Å². The maximum absolute atomic E-state index is 12.5. The monoisotopic (exact) mass is 284 g/mol. The molecule has 3 heterocycles. The molecule has 2 aromatic heterocycles. The van der Waals surface area contributed by atoms with Crippen LogP contribution in [0.2, 0.25) is 0 Å². The summed E-state index contributed by atoms with van der Waals surface area (Å²) in [5.74, 6) is 1.97. The molecule has 5 heteroatoms. The number of fused-ring (bicyclic) bond motifs is 1. The Balaban J connectivity index is 1.77. The van der Waals surface area contributed by atoms with Crippen LogP contribution in [0.3, 0.4) is 0 Å². The van der Waals surface area contributed by atoms with Crippen molar-refractivity contribution in [3.05, 3.63) is 28.2 Å². The molecular weight excluding hydrogens is 264 g/mol. The molecule has 1 saturated heterocycles. The first-order chi connectivity index (χ1) is 10.2. The van der Waals surface area contributed by atoms with Crippen molar-refractivity contribution in [1.29, 1.82) is 0 Å². The number of H-pyrrole nitrogens is 1. The maximum atomic E-state index is 12.5. The first-order valence-electron chi connectivity index (χ1n) is 7.86. The number of piperidine rings is 1. The van der Waals surface area contributed by atoms with Gasteiger partial charge in [-0.2, -0.15) is 4.98 Å². The number of rotatable bonds is 2. The quantitative estimate of drug-likeness (QED) is 0.920. The Kier molecular flexibility index (Phi) is 2.94. The fraction of sp³-hybridized carbons (Fsp3) is 0.562. The molecule has 4 rings (SSSR count). The average molecular weight is 284 g/mol. The molecule has 1 N–H and O–H groups in total. The molecule has 0 amide bonds. The number of hydrogen-bond donors (Lipinski definition) is 1. The van der Waals surface area contributed by atoms with E-state index in [9.17, 15) is 4.79 Å². The van der Waals surface area contributed by atoms with E-state index < -0.39 is 0 Å². The summed E-state index contributed by atoms with van der Waals surface area (Å²) < 4.78 is 0. The van der Waals surface area contributed by atoms with Gasteiger partial charge in [0.25, 0.3) is 5.56 Å². The first kappa shape index (κ1) is 12.8. The van der Waals surface area contributed by atoms with Crippen LogP contribution in [0, 0.1) is 5.92 Å². The molecule has 0 spiro atoms. The summed E-state index contributed by atoms with van der Waals surface area (Å²) in [4.78, 5) is 26.6. The van der Waals surface area contributed by atoms with Crippen LogP contribution in [0.15, 0.2) is 17.1 Å². The summed E-state index contributed by atoms with van der Waals surface area (Å²) in [6.07, 6.45) is 6.42. The molecule has 2 aliphatic rings. The molecule has 110 valence electrons. The summed E-state index contributed by atoms with van der Waals surface area (Å²) in [7, 11) is 0. The molecule has 0 bridgehead atoms. The van der Waals surface area contributed by atoms with Crippen LogP contribution in [-0.4, -0.2) is 28.0 Å². The Morgan fingerprint density at radius 3 is 2.71 bits per heavy atom. The fourth-order valence-corrected chi connectivity index (χ4v) is 3.18. The second-order valence-corrected chi connectivity index (χ2v) is 6.43. The van der Waals surface area contributed by atoms with Gasteiger partial charge in [0, 0.05) is 19.3 Å². The van der Waals surface area contributed by atoms with Crippen LogP contribution in [0.5, 0.6) is 0 Å². The van der Waals surface area contributed by atoms with Crippen molar-refractivity contribution < 1.29 is 0 Å².